The van der Waals surface area contributed by atoms with Crippen LogP contribution in [0.2, 0.25) is 0 Å². The smallest absolute Gasteiger partial charge is 0.362 e. The molecular formula is C10H21O4P. The van der Waals surface area contributed by atoms with Gasteiger partial charge in [-0.2, -0.15) is 0 Å². The molecule has 0 aromatic rings. The summed E-state index contributed by atoms with van der Waals surface area (Å²) >= 11 is 0. The highest BCUT2D eigenvalue weighted by Crippen LogP contribution is 2.69. The zero-order chi connectivity index (χ0) is 11.7. The molecule has 1 fully saturated rings. The van der Waals surface area contributed by atoms with Crippen molar-refractivity contribution in [2.24, 2.45) is 0 Å². The topological polar surface area (TPSA) is 55.8 Å². The van der Waals surface area contributed by atoms with Crippen LogP contribution >= 0.6 is 7.60 Å². The molecule has 0 spiro atoms. The van der Waals surface area contributed by atoms with Gasteiger partial charge >= 0.3 is 7.60 Å². The maximum atomic E-state index is 12.3. The molecule has 1 aliphatic rings. The second-order valence-corrected chi connectivity index (χ2v) is 7.33. The lowest BCUT2D eigenvalue weighted by Gasteiger charge is -2.23. The molecule has 5 heteroatoms. The number of hydrogen-bond acceptors (Lipinski definition) is 4. The van der Waals surface area contributed by atoms with E-state index in [2.05, 4.69) is 0 Å². The van der Waals surface area contributed by atoms with Crippen LogP contribution in [-0.2, 0) is 13.6 Å². The highest BCUT2D eigenvalue weighted by Gasteiger charge is 2.58. The van der Waals surface area contributed by atoms with Crippen molar-refractivity contribution in [2.45, 2.75) is 57.9 Å². The van der Waals surface area contributed by atoms with Crippen LogP contribution in [0.5, 0.6) is 0 Å². The van der Waals surface area contributed by atoms with Crippen LogP contribution in [0.3, 0.4) is 0 Å². The minimum atomic E-state index is -3.37. The molecule has 90 valence electrons. The van der Waals surface area contributed by atoms with E-state index in [1.54, 1.807) is 0 Å². The van der Waals surface area contributed by atoms with E-state index in [9.17, 15) is 9.67 Å². The molecule has 1 unspecified atom stereocenters. The Morgan fingerprint density at radius 1 is 1.47 bits per heavy atom. The van der Waals surface area contributed by atoms with Crippen LogP contribution in [0.4, 0.5) is 0 Å². The summed E-state index contributed by atoms with van der Waals surface area (Å²) in [6.07, 6.45) is 2.12. The van der Waals surface area contributed by atoms with Crippen LogP contribution in [0, 0.1) is 0 Å². The lowest BCUT2D eigenvalue weighted by Crippen LogP contribution is -2.24. The fourth-order valence-corrected chi connectivity index (χ4v) is 4.04. The molecule has 0 aliphatic carbocycles. The summed E-state index contributed by atoms with van der Waals surface area (Å²) in [5.74, 6) is 0. The van der Waals surface area contributed by atoms with Crippen LogP contribution < -0.4 is 0 Å². The average Bonchev–Trinajstić information content (AvgIpc) is 2.16. The number of hydrogen-bond donors (Lipinski definition) is 1. The molecule has 0 bridgehead atoms. The summed E-state index contributed by atoms with van der Waals surface area (Å²) in [6.45, 7) is 7.54. The second kappa shape index (κ2) is 4.17. The molecule has 15 heavy (non-hydrogen) atoms. The lowest BCUT2D eigenvalue weighted by atomic mass is 10.0. The zero-order valence-corrected chi connectivity index (χ0v) is 10.8. The normalized spacial score (nSPS) is 39.5. The monoisotopic (exact) mass is 236 g/mol. The van der Waals surface area contributed by atoms with Crippen molar-refractivity contribution < 1.29 is 18.7 Å². The first-order valence-electron chi connectivity index (χ1n) is 5.40. The first-order valence-corrected chi connectivity index (χ1v) is 6.94. The molecule has 1 aliphatic heterocycles. The molecule has 0 radical (unpaired) electrons. The van der Waals surface area contributed by atoms with Crippen LogP contribution in [0.1, 0.15) is 47.0 Å². The first kappa shape index (κ1) is 13.2. The zero-order valence-electron chi connectivity index (χ0n) is 9.95. The van der Waals surface area contributed by atoms with Gasteiger partial charge in [0.2, 0.25) is 0 Å². The summed E-state index contributed by atoms with van der Waals surface area (Å²) in [4.78, 5) is 0. The predicted octanol–water partition coefficient (Wildman–Crippen LogP) is 2.90. The largest absolute Gasteiger partial charge is 0.377 e. The van der Waals surface area contributed by atoms with Crippen molar-refractivity contribution in [3.8, 4) is 0 Å². The molecule has 1 N–H and O–H groups in total. The fourth-order valence-electron chi connectivity index (χ4n) is 1.85. The second-order valence-electron chi connectivity index (χ2n) is 4.93. The van der Waals surface area contributed by atoms with Crippen molar-refractivity contribution in [2.75, 3.05) is 6.61 Å². The maximum Gasteiger partial charge on any atom is 0.362 e. The fraction of sp³-hybridized carbons (Fsp3) is 1.00. The maximum absolute atomic E-state index is 12.3. The van der Waals surface area contributed by atoms with Gasteiger partial charge in [-0.3, -0.25) is 4.57 Å². The summed E-state index contributed by atoms with van der Waals surface area (Å²) in [7, 11) is -3.37. The summed E-state index contributed by atoms with van der Waals surface area (Å²) < 4.78 is 22.9. The van der Waals surface area contributed by atoms with Crippen molar-refractivity contribution in [3.05, 3.63) is 0 Å². The van der Waals surface area contributed by atoms with E-state index in [1.807, 2.05) is 20.8 Å². The SMILES string of the molecule is CCCCOP1(=O)OC(C)(C)C[C@@]1(C)O. The van der Waals surface area contributed by atoms with E-state index in [1.165, 1.54) is 6.92 Å². The molecule has 0 aromatic carbocycles. The molecule has 1 rings (SSSR count). The van der Waals surface area contributed by atoms with E-state index < -0.39 is 18.5 Å². The Hall–Kier alpha value is 0.110. The molecule has 1 saturated heterocycles. The Morgan fingerprint density at radius 3 is 2.47 bits per heavy atom. The third-order valence-corrected chi connectivity index (χ3v) is 5.07. The van der Waals surface area contributed by atoms with Gasteiger partial charge < -0.3 is 14.2 Å². The minimum absolute atomic E-state index is 0.337. The van der Waals surface area contributed by atoms with Crippen molar-refractivity contribution >= 4 is 7.60 Å². The highest BCUT2D eigenvalue weighted by atomic mass is 31.2. The minimum Gasteiger partial charge on any atom is -0.377 e. The molecule has 4 nitrogen and oxygen atoms in total. The number of rotatable bonds is 4. The van der Waals surface area contributed by atoms with Gasteiger partial charge in [-0.15, -0.1) is 0 Å². The molecule has 2 atom stereocenters. The van der Waals surface area contributed by atoms with E-state index in [0.29, 0.717) is 13.0 Å². The summed E-state index contributed by atoms with van der Waals surface area (Å²) in [6, 6.07) is 0. The first-order chi connectivity index (χ1) is 6.72. The Labute approximate surface area is 91.5 Å². The predicted molar refractivity (Wildman–Crippen MR) is 58.9 cm³/mol. The third kappa shape index (κ3) is 2.82. The average molecular weight is 236 g/mol. The van der Waals surface area contributed by atoms with E-state index in [-0.39, 0.29) is 0 Å². The molecule has 0 saturated carbocycles. The molecule has 0 amide bonds. The van der Waals surface area contributed by atoms with E-state index in [0.717, 1.165) is 12.8 Å². The van der Waals surface area contributed by atoms with E-state index >= 15 is 0 Å². The van der Waals surface area contributed by atoms with Gasteiger partial charge in [-0.25, -0.2) is 0 Å². The molecule has 0 aromatic heterocycles. The van der Waals surface area contributed by atoms with Crippen molar-refractivity contribution in [1.29, 1.82) is 0 Å². The summed E-state index contributed by atoms with van der Waals surface area (Å²) in [5.41, 5.74) is -0.578. The third-order valence-electron chi connectivity index (χ3n) is 2.48. The van der Waals surface area contributed by atoms with Gasteiger partial charge in [0.05, 0.1) is 12.2 Å². The number of unbranched alkanes of at least 4 members (excludes halogenated alkanes) is 1. The molecular weight excluding hydrogens is 215 g/mol. The quantitative estimate of drug-likeness (QED) is 0.602. The van der Waals surface area contributed by atoms with E-state index in [4.69, 9.17) is 9.05 Å². The Kier molecular flexibility index (Phi) is 3.66. The van der Waals surface area contributed by atoms with Gasteiger partial charge in [0, 0.05) is 6.42 Å². The standard InChI is InChI=1S/C10H21O4P/c1-5-6-7-13-15(12)10(4,11)8-9(2,3)14-15/h11H,5-8H2,1-4H3/t10-,15?/m0/s1. The Morgan fingerprint density at radius 2 is 2.07 bits per heavy atom. The lowest BCUT2D eigenvalue weighted by molar-refractivity contribution is 0.0925. The van der Waals surface area contributed by atoms with Crippen molar-refractivity contribution in [3.63, 3.8) is 0 Å². The Balaban J connectivity index is 2.71. The molecule has 1 heterocycles. The highest BCUT2D eigenvalue weighted by molar-refractivity contribution is 7.55. The Bertz CT molecular complexity index is 273. The van der Waals surface area contributed by atoms with Gasteiger partial charge in [0.25, 0.3) is 0 Å². The van der Waals surface area contributed by atoms with Gasteiger partial charge in [-0.1, -0.05) is 13.3 Å². The van der Waals surface area contributed by atoms with Gasteiger partial charge in [0.1, 0.15) is 0 Å². The van der Waals surface area contributed by atoms with Crippen molar-refractivity contribution in [1.82, 2.24) is 0 Å². The van der Waals surface area contributed by atoms with Crippen LogP contribution in [-0.4, -0.2) is 22.7 Å². The van der Waals surface area contributed by atoms with Gasteiger partial charge in [-0.05, 0) is 27.2 Å². The van der Waals surface area contributed by atoms with Crippen LogP contribution in [0.25, 0.3) is 0 Å². The van der Waals surface area contributed by atoms with Crippen LogP contribution in [0.15, 0.2) is 0 Å². The van der Waals surface area contributed by atoms with Gasteiger partial charge in [0.15, 0.2) is 5.34 Å². The number of aliphatic hydroxyl groups is 1. The summed E-state index contributed by atoms with van der Waals surface area (Å²) in [5, 5.41) is 8.68.